The Labute approximate surface area is 474 Å². The number of carbonyl (C=O) groups excluding carboxylic acids is 2. The maximum atomic E-state index is 12.5. The van der Waals surface area contributed by atoms with Crippen LogP contribution in [0.3, 0.4) is 0 Å². The fourth-order valence-corrected chi connectivity index (χ4v) is 10.7. The summed E-state index contributed by atoms with van der Waals surface area (Å²) in [5, 5.41) is 23.4. The van der Waals surface area contributed by atoms with E-state index in [0.717, 1.165) is 51.4 Å². The van der Waals surface area contributed by atoms with Gasteiger partial charge in [0.25, 0.3) is 0 Å². The number of aliphatic hydroxyl groups is 2. The third-order valence-electron chi connectivity index (χ3n) is 15.9. The second-order valence-corrected chi connectivity index (χ2v) is 23.5. The van der Waals surface area contributed by atoms with Gasteiger partial charge in [0.1, 0.15) is 0 Å². The molecule has 6 heteroatoms. The van der Waals surface area contributed by atoms with Gasteiger partial charge < -0.3 is 20.3 Å². The molecule has 76 heavy (non-hydrogen) atoms. The lowest BCUT2D eigenvalue weighted by Gasteiger charge is -2.22. The molecule has 0 aromatic rings. The van der Waals surface area contributed by atoms with Crippen molar-refractivity contribution in [2.24, 2.45) is 0 Å². The second kappa shape index (κ2) is 65.6. The van der Waals surface area contributed by atoms with Crippen LogP contribution in [0.25, 0.3) is 0 Å². The maximum Gasteiger partial charge on any atom is 0.305 e. The topological polar surface area (TPSA) is 95.9 Å². The van der Waals surface area contributed by atoms with E-state index in [4.69, 9.17) is 4.74 Å². The molecule has 2 atom stereocenters. The van der Waals surface area contributed by atoms with E-state index in [2.05, 4.69) is 55.6 Å². The molecule has 0 spiro atoms. The molecule has 1 amide bonds. The Bertz CT molecular complexity index is 1230. The van der Waals surface area contributed by atoms with Crippen LogP contribution in [-0.2, 0) is 14.3 Å². The zero-order chi connectivity index (χ0) is 55.0. The lowest BCUT2D eigenvalue weighted by molar-refractivity contribution is -0.143. The molecule has 0 aromatic carbocycles. The van der Waals surface area contributed by atoms with Gasteiger partial charge in [0, 0.05) is 12.8 Å². The largest absolute Gasteiger partial charge is 0.466 e. The first kappa shape index (κ1) is 74.1. The van der Waals surface area contributed by atoms with Gasteiger partial charge in [0.2, 0.25) is 5.91 Å². The number of rotatable bonds is 64. The molecule has 0 aliphatic heterocycles. The summed E-state index contributed by atoms with van der Waals surface area (Å²) >= 11 is 0. The van der Waals surface area contributed by atoms with Crippen molar-refractivity contribution in [3.8, 4) is 0 Å². The molecule has 0 bridgehead atoms. The molecule has 2 unspecified atom stereocenters. The predicted molar refractivity (Wildman–Crippen MR) is 333 cm³/mol. The van der Waals surface area contributed by atoms with Gasteiger partial charge in [0.15, 0.2) is 0 Å². The van der Waals surface area contributed by atoms with Gasteiger partial charge >= 0.3 is 5.97 Å². The molecule has 0 heterocycles. The van der Waals surface area contributed by atoms with Crippen LogP contribution < -0.4 is 5.32 Å². The summed E-state index contributed by atoms with van der Waals surface area (Å²) in [6.45, 7) is 4.95. The molecular formula is C70H133NO5. The fourth-order valence-electron chi connectivity index (χ4n) is 10.7. The SMILES string of the molecule is CCCCCC/C=C\C/C=C\CCCCCCCC(=O)OCCCCCCCCCCC/C=C\CCCCCCCCCC(=O)NC(CO)C(O)CCCCCCCCCCCCCCCCCCCCCCCCC. The summed E-state index contributed by atoms with van der Waals surface area (Å²) in [6.07, 6.45) is 83.1. The lowest BCUT2D eigenvalue weighted by atomic mass is 10.0. The number of nitrogens with one attached hydrogen (secondary N) is 1. The molecule has 0 rings (SSSR count). The molecule has 448 valence electrons. The average molecular weight is 1070 g/mol. The molecule has 0 saturated carbocycles. The lowest BCUT2D eigenvalue weighted by Crippen LogP contribution is -2.45. The number of amides is 1. The molecule has 0 aliphatic rings. The van der Waals surface area contributed by atoms with Crippen molar-refractivity contribution in [2.45, 2.75) is 386 Å². The first-order chi connectivity index (χ1) is 37.5. The number of esters is 1. The number of aliphatic hydroxyl groups excluding tert-OH is 2. The molecule has 0 fully saturated rings. The van der Waals surface area contributed by atoms with E-state index in [0.29, 0.717) is 25.9 Å². The molecule has 3 N–H and O–H groups in total. The van der Waals surface area contributed by atoms with Crippen molar-refractivity contribution >= 4 is 11.9 Å². The van der Waals surface area contributed by atoms with E-state index < -0.39 is 12.1 Å². The van der Waals surface area contributed by atoms with E-state index in [1.165, 1.54) is 289 Å². The summed E-state index contributed by atoms with van der Waals surface area (Å²) in [6, 6.07) is -0.550. The van der Waals surface area contributed by atoms with Crippen molar-refractivity contribution in [1.82, 2.24) is 5.32 Å². The van der Waals surface area contributed by atoms with Crippen LogP contribution in [0.4, 0.5) is 0 Å². The third kappa shape index (κ3) is 61.3. The van der Waals surface area contributed by atoms with Crippen LogP contribution in [0.1, 0.15) is 373 Å². The summed E-state index contributed by atoms with van der Waals surface area (Å²) in [5.74, 6) is -0.0468. The Kier molecular flexibility index (Phi) is 63.9. The molecule has 6 nitrogen and oxygen atoms in total. The molecule has 0 aromatic heterocycles. The zero-order valence-corrected chi connectivity index (χ0v) is 51.3. The highest BCUT2D eigenvalue weighted by Crippen LogP contribution is 2.18. The van der Waals surface area contributed by atoms with Crippen LogP contribution in [0, 0.1) is 0 Å². The van der Waals surface area contributed by atoms with E-state index in [9.17, 15) is 19.8 Å². The van der Waals surface area contributed by atoms with Crippen LogP contribution in [0.2, 0.25) is 0 Å². The Morgan fingerprint density at radius 1 is 0.368 bits per heavy atom. The fraction of sp³-hybridized carbons (Fsp3) is 0.886. The minimum Gasteiger partial charge on any atom is -0.466 e. The first-order valence-electron chi connectivity index (χ1n) is 34.2. The molecule has 0 saturated heterocycles. The maximum absolute atomic E-state index is 12.5. The van der Waals surface area contributed by atoms with Crippen molar-refractivity contribution in [2.75, 3.05) is 13.2 Å². The van der Waals surface area contributed by atoms with Crippen molar-refractivity contribution in [3.05, 3.63) is 36.5 Å². The number of carbonyl (C=O) groups is 2. The average Bonchev–Trinajstić information content (AvgIpc) is 3.42. The predicted octanol–water partition coefficient (Wildman–Crippen LogP) is 21.9. The first-order valence-corrected chi connectivity index (χ1v) is 34.2. The number of ether oxygens (including phenoxy) is 1. The Morgan fingerprint density at radius 3 is 1.03 bits per heavy atom. The smallest absolute Gasteiger partial charge is 0.305 e. The summed E-state index contributed by atoms with van der Waals surface area (Å²) in [7, 11) is 0. The van der Waals surface area contributed by atoms with Crippen LogP contribution in [-0.4, -0.2) is 47.4 Å². The Hall–Kier alpha value is -1.92. The minimum absolute atomic E-state index is 0.00658. The number of hydrogen-bond donors (Lipinski definition) is 3. The molecular weight excluding hydrogens is 935 g/mol. The van der Waals surface area contributed by atoms with Gasteiger partial charge in [-0.15, -0.1) is 0 Å². The van der Waals surface area contributed by atoms with E-state index in [-0.39, 0.29) is 18.5 Å². The number of allylic oxidation sites excluding steroid dienone is 6. The highest BCUT2D eigenvalue weighted by molar-refractivity contribution is 5.76. The highest BCUT2D eigenvalue weighted by Gasteiger charge is 2.20. The molecule has 0 radical (unpaired) electrons. The number of unbranched alkanes of at least 4 members (excludes halogenated alkanes) is 47. The second-order valence-electron chi connectivity index (χ2n) is 23.5. The summed E-state index contributed by atoms with van der Waals surface area (Å²) < 4.78 is 5.48. The van der Waals surface area contributed by atoms with Crippen LogP contribution in [0.5, 0.6) is 0 Å². The standard InChI is InChI=1S/C70H133NO5/c1-3-5-7-9-11-13-15-17-19-21-22-23-24-25-28-31-34-38-42-46-50-54-58-62-68(73)67(66-72)71-69(74)63-59-55-51-47-43-39-35-32-29-26-27-30-33-37-41-45-49-53-57-61-65-76-70(75)64-60-56-52-48-44-40-36-20-18-16-14-12-10-8-6-4-2/h14,16,20,26,29,36,67-68,72-73H,3-13,15,17-19,21-25,27-28,30-35,37-66H2,1-2H3,(H,71,74)/b16-14-,29-26-,36-20-. The quantitative estimate of drug-likeness (QED) is 0.0320. The van der Waals surface area contributed by atoms with Gasteiger partial charge in [-0.1, -0.05) is 314 Å². The van der Waals surface area contributed by atoms with Gasteiger partial charge in [-0.2, -0.15) is 0 Å². The summed E-state index contributed by atoms with van der Waals surface area (Å²) in [4.78, 5) is 24.6. The molecule has 0 aliphatic carbocycles. The number of hydrogen-bond acceptors (Lipinski definition) is 5. The van der Waals surface area contributed by atoms with Gasteiger partial charge in [-0.3, -0.25) is 9.59 Å². The zero-order valence-electron chi connectivity index (χ0n) is 51.3. The van der Waals surface area contributed by atoms with E-state index >= 15 is 0 Å². The van der Waals surface area contributed by atoms with Crippen molar-refractivity contribution in [3.63, 3.8) is 0 Å². The Balaban J connectivity index is 3.43. The van der Waals surface area contributed by atoms with Crippen molar-refractivity contribution in [1.29, 1.82) is 0 Å². The van der Waals surface area contributed by atoms with E-state index in [1.54, 1.807) is 0 Å². The van der Waals surface area contributed by atoms with Gasteiger partial charge in [0.05, 0.1) is 25.4 Å². The van der Waals surface area contributed by atoms with Gasteiger partial charge in [-0.05, 0) is 83.5 Å². The minimum atomic E-state index is -0.672. The third-order valence-corrected chi connectivity index (χ3v) is 15.9. The van der Waals surface area contributed by atoms with Crippen LogP contribution in [0.15, 0.2) is 36.5 Å². The highest BCUT2D eigenvalue weighted by atomic mass is 16.5. The monoisotopic (exact) mass is 1070 g/mol. The van der Waals surface area contributed by atoms with Gasteiger partial charge in [-0.25, -0.2) is 0 Å². The van der Waals surface area contributed by atoms with Crippen LogP contribution >= 0.6 is 0 Å². The Morgan fingerprint density at radius 2 is 0.658 bits per heavy atom. The normalized spacial score (nSPS) is 12.7. The summed E-state index contributed by atoms with van der Waals surface area (Å²) in [5.41, 5.74) is 0. The van der Waals surface area contributed by atoms with Crippen molar-refractivity contribution < 1.29 is 24.5 Å². The van der Waals surface area contributed by atoms with E-state index in [1.807, 2.05) is 0 Å².